The Morgan fingerprint density at radius 2 is 1.95 bits per heavy atom. The predicted molar refractivity (Wildman–Crippen MR) is 76.9 cm³/mol. The summed E-state index contributed by atoms with van der Waals surface area (Å²) in [5.74, 6) is 0.504. The molecule has 2 N–H and O–H groups in total. The Morgan fingerprint density at radius 1 is 1.21 bits per heavy atom. The van der Waals surface area contributed by atoms with E-state index in [1.54, 1.807) is 0 Å². The van der Waals surface area contributed by atoms with Crippen LogP contribution in [-0.4, -0.2) is 14.5 Å². The minimum Gasteiger partial charge on any atom is -0.369 e. The number of nitrogen functional groups attached to an aromatic ring is 1. The molecule has 3 rings (SSSR count). The van der Waals surface area contributed by atoms with Gasteiger partial charge in [0.2, 0.25) is 5.95 Å². The maximum atomic E-state index is 6.05. The van der Waals surface area contributed by atoms with E-state index in [2.05, 4.69) is 29.0 Å². The number of rotatable bonds is 2. The Hall–Kier alpha value is -2.36. The van der Waals surface area contributed by atoms with E-state index in [0.717, 1.165) is 16.7 Å². The zero-order valence-electron chi connectivity index (χ0n) is 11.0. The molecule has 0 aliphatic rings. The Balaban J connectivity index is 2.17. The number of fused-ring (bicyclic) bond motifs is 1. The van der Waals surface area contributed by atoms with Crippen molar-refractivity contribution in [1.82, 2.24) is 14.5 Å². The molecule has 1 aromatic carbocycles. The third kappa shape index (κ3) is 1.95. The zero-order chi connectivity index (χ0) is 13.4. The summed E-state index contributed by atoms with van der Waals surface area (Å²) in [4.78, 5) is 8.87. The molecule has 19 heavy (non-hydrogen) atoms. The van der Waals surface area contributed by atoms with Crippen LogP contribution >= 0.6 is 0 Å². The fourth-order valence-corrected chi connectivity index (χ4v) is 2.36. The van der Waals surface area contributed by atoms with Crippen LogP contribution in [0.2, 0.25) is 0 Å². The lowest BCUT2D eigenvalue weighted by Crippen LogP contribution is -2.10. The van der Waals surface area contributed by atoms with Crippen molar-refractivity contribution in [1.29, 1.82) is 0 Å². The average Bonchev–Trinajstić information content (AvgIpc) is 2.74. The average molecular weight is 252 g/mol. The second-order valence-corrected chi connectivity index (χ2v) is 4.78. The highest BCUT2D eigenvalue weighted by atomic mass is 15.2. The van der Waals surface area contributed by atoms with Crippen LogP contribution in [0.1, 0.15) is 24.1 Å². The summed E-state index contributed by atoms with van der Waals surface area (Å²) in [6.07, 6.45) is 1.84. The molecule has 96 valence electrons. The van der Waals surface area contributed by atoms with E-state index >= 15 is 0 Å². The summed E-state index contributed by atoms with van der Waals surface area (Å²) >= 11 is 0. The van der Waals surface area contributed by atoms with E-state index in [9.17, 15) is 0 Å². The lowest BCUT2D eigenvalue weighted by molar-refractivity contribution is 0.662. The standard InChI is InChI=1S/C15H16N4/c1-10-8-13-14(17-9-10)19(15(16)18-13)11(2)12-6-4-3-5-7-12/h3-9,11H,1-2H3,(H2,16,18). The van der Waals surface area contributed by atoms with Gasteiger partial charge in [-0.15, -0.1) is 0 Å². The molecule has 0 saturated carbocycles. The van der Waals surface area contributed by atoms with Crippen LogP contribution in [0.25, 0.3) is 11.2 Å². The molecule has 4 nitrogen and oxygen atoms in total. The molecule has 0 amide bonds. The molecule has 0 radical (unpaired) electrons. The molecule has 0 aliphatic heterocycles. The van der Waals surface area contributed by atoms with E-state index in [-0.39, 0.29) is 6.04 Å². The van der Waals surface area contributed by atoms with Crippen molar-refractivity contribution in [3.8, 4) is 0 Å². The monoisotopic (exact) mass is 252 g/mol. The number of benzene rings is 1. The van der Waals surface area contributed by atoms with E-state index in [4.69, 9.17) is 5.73 Å². The predicted octanol–water partition coefficient (Wildman–Crippen LogP) is 2.93. The molecule has 2 aromatic heterocycles. The summed E-state index contributed by atoms with van der Waals surface area (Å²) in [6, 6.07) is 12.4. The first-order valence-electron chi connectivity index (χ1n) is 6.32. The van der Waals surface area contributed by atoms with Crippen molar-refractivity contribution in [3.63, 3.8) is 0 Å². The van der Waals surface area contributed by atoms with Crippen molar-refractivity contribution >= 4 is 17.1 Å². The number of hydrogen-bond donors (Lipinski definition) is 1. The Morgan fingerprint density at radius 3 is 2.68 bits per heavy atom. The highest BCUT2D eigenvalue weighted by Crippen LogP contribution is 2.26. The van der Waals surface area contributed by atoms with Crippen molar-refractivity contribution < 1.29 is 0 Å². The summed E-state index contributed by atoms with van der Waals surface area (Å²) in [5.41, 5.74) is 10.0. The minimum atomic E-state index is 0.112. The van der Waals surface area contributed by atoms with Gasteiger partial charge >= 0.3 is 0 Å². The van der Waals surface area contributed by atoms with Gasteiger partial charge in [0.15, 0.2) is 5.65 Å². The van der Waals surface area contributed by atoms with E-state index in [0.29, 0.717) is 5.95 Å². The Bertz CT molecular complexity index is 716. The van der Waals surface area contributed by atoms with Crippen LogP contribution in [0.4, 0.5) is 5.95 Å². The second-order valence-electron chi connectivity index (χ2n) is 4.78. The molecule has 0 bridgehead atoms. The van der Waals surface area contributed by atoms with Crippen LogP contribution in [0.5, 0.6) is 0 Å². The van der Waals surface area contributed by atoms with E-state index in [1.165, 1.54) is 5.56 Å². The number of aromatic nitrogens is 3. The third-order valence-corrected chi connectivity index (χ3v) is 3.36. The lowest BCUT2D eigenvalue weighted by Gasteiger charge is -2.15. The number of anilines is 1. The van der Waals surface area contributed by atoms with Crippen molar-refractivity contribution in [2.45, 2.75) is 19.9 Å². The molecule has 1 unspecified atom stereocenters. The molecule has 0 fully saturated rings. The van der Waals surface area contributed by atoms with Gasteiger partial charge in [0.05, 0.1) is 6.04 Å². The summed E-state index contributed by atoms with van der Waals surface area (Å²) < 4.78 is 1.98. The second kappa shape index (κ2) is 4.39. The van der Waals surface area contributed by atoms with Crippen LogP contribution in [0, 0.1) is 6.92 Å². The Kier molecular flexibility index (Phi) is 2.71. The van der Waals surface area contributed by atoms with Crippen molar-refractivity contribution in [3.05, 3.63) is 53.7 Å². The van der Waals surface area contributed by atoms with Gasteiger partial charge in [-0.1, -0.05) is 30.3 Å². The topological polar surface area (TPSA) is 56.7 Å². The van der Waals surface area contributed by atoms with Crippen LogP contribution in [0.3, 0.4) is 0 Å². The molecular weight excluding hydrogens is 236 g/mol. The summed E-state index contributed by atoms with van der Waals surface area (Å²) in [7, 11) is 0. The largest absolute Gasteiger partial charge is 0.369 e. The van der Waals surface area contributed by atoms with Crippen LogP contribution < -0.4 is 5.73 Å². The van der Waals surface area contributed by atoms with Gasteiger partial charge in [0.25, 0.3) is 0 Å². The first-order valence-corrected chi connectivity index (χ1v) is 6.32. The minimum absolute atomic E-state index is 0.112. The lowest BCUT2D eigenvalue weighted by atomic mass is 10.1. The van der Waals surface area contributed by atoms with Crippen LogP contribution in [-0.2, 0) is 0 Å². The van der Waals surface area contributed by atoms with Crippen molar-refractivity contribution in [2.24, 2.45) is 0 Å². The molecule has 0 saturated heterocycles. The van der Waals surface area contributed by atoms with Gasteiger partial charge in [-0.3, -0.25) is 4.57 Å². The van der Waals surface area contributed by atoms with E-state index in [1.807, 2.05) is 42.0 Å². The van der Waals surface area contributed by atoms with Crippen LogP contribution in [0.15, 0.2) is 42.6 Å². The van der Waals surface area contributed by atoms with Gasteiger partial charge in [-0.25, -0.2) is 9.97 Å². The van der Waals surface area contributed by atoms with Crippen molar-refractivity contribution in [2.75, 3.05) is 5.73 Å². The van der Waals surface area contributed by atoms with Gasteiger partial charge < -0.3 is 5.73 Å². The van der Waals surface area contributed by atoms with Gasteiger partial charge in [0, 0.05) is 6.20 Å². The molecule has 1 atom stereocenters. The Labute approximate surface area is 111 Å². The fourth-order valence-electron chi connectivity index (χ4n) is 2.36. The highest BCUT2D eigenvalue weighted by molar-refractivity contribution is 5.75. The maximum absolute atomic E-state index is 6.05. The number of aryl methyl sites for hydroxylation is 1. The highest BCUT2D eigenvalue weighted by Gasteiger charge is 2.16. The molecule has 3 aromatic rings. The third-order valence-electron chi connectivity index (χ3n) is 3.36. The van der Waals surface area contributed by atoms with Gasteiger partial charge in [-0.2, -0.15) is 0 Å². The zero-order valence-corrected chi connectivity index (χ0v) is 11.0. The van der Waals surface area contributed by atoms with Gasteiger partial charge in [0.1, 0.15) is 5.52 Å². The molecule has 0 aliphatic carbocycles. The quantitative estimate of drug-likeness (QED) is 0.763. The first kappa shape index (κ1) is 11.7. The fraction of sp³-hybridized carbons (Fsp3) is 0.200. The summed E-state index contributed by atoms with van der Waals surface area (Å²) in [6.45, 7) is 4.11. The molecular formula is C15H16N4. The number of hydrogen-bond acceptors (Lipinski definition) is 3. The normalized spacial score (nSPS) is 12.7. The first-order chi connectivity index (χ1) is 9.16. The summed E-state index contributed by atoms with van der Waals surface area (Å²) in [5, 5.41) is 0. The number of nitrogens with zero attached hydrogens (tertiary/aromatic N) is 3. The number of imidazole rings is 1. The SMILES string of the molecule is Cc1cnc2c(c1)nc(N)n2C(C)c1ccccc1. The molecule has 0 spiro atoms. The molecule has 2 heterocycles. The number of pyridine rings is 1. The molecule has 4 heteroatoms. The smallest absolute Gasteiger partial charge is 0.203 e. The maximum Gasteiger partial charge on any atom is 0.203 e. The van der Waals surface area contributed by atoms with Gasteiger partial charge in [-0.05, 0) is 31.0 Å². The number of nitrogens with two attached hydrogens (primary N) is 1. The van der Waals surface area contributed by atoms with E-state index < -0.39 is 0 Å².